The molecule has 0 atom stereocenters. The van der Waals surface area contributed by atoms with E-state index in [1.165, 1.54) is 11.1 Å². The lowest BCUT2D eigenvalue weighted by atomic mass is 10.2. The summed E-state index contributed by atoms with van der Waals surface area (Å²) in [5.74, 6) is 4.14. The van der Waals surface area contributed by atoms with Gasteiger partial charge in [0.25, 0.3) is 0 Å². The summed E-state index contributed by atoms with van der Waals surface area (Å²) in [5.41, 5.74) is 2.76. The van der Waals surface area contributed by atoms with E-state index in [0.717, 1.165) is 29.4 Å². The molecule has 0 fully saturated rings. The Morgan fingerprint density at radius 2 is 1.29 bits per heavy atom. The van der Waals surface area contributed by atoms with Gasteiger partial charge in [0.2, 0.25) is 0 Å². The Labute approximate surface area is 152 Å². The SMILES string of the molecule is Cc1ccc(CC(SCc2ccccc2)SCc2ccccc2)o1. The maximum absolute atomic E-state index is 5.79. The van der Waals surface area contributed by atoms with E-state index in [0.29, 0.717) is 4.58 Å². The van der Waals surface area contributed by atoms with Crippen LogP contribution in [0.15, 0.2) is 77.2 Å². The maximum Gasteiger partial charge on any atom is 0.106 e. The van der Waals surface area contributed by atoms with Crippen molar-refractivity contribution >= 4 is 23.5 Å². The van der Waals surface area contributed by atoms with E-state index in [2.05, 4.69) is 72.8 Å². The number of furan rings is 1. The molecule has 0 radical (unpaired) electrons. The first-order valence-electron chi connectivity index (χ1n) is 8.16. The summed E-state index contributed by atoms with van der Waals surface area (Å²) in [6.45, 7) is 2.01. The predicted octanol–water partition coefficient (Wildman–Crippen LogP) is 6.32. The van der Waals surface area contributed by atoms with E-state index in [4.69, 9.17) is 4.42 Å². The fourth-order valence-corrected chi connectivity index (χ4v) is 4.95. The van der Waals surface area contributed by atoms with Crippen molar-refractivity contribution in [2.45, 2.75) is 29.4 Å². The standard InChI is InChI=1S/C21H22OS2/c1-17-12-13-20(22-17)14-21(23-15-18-8-4-2-5-9-18)24-16-19-10-6-3-7-11-19/h2-13,21H,14-16H2,1H3. The van der Waals surface area contributed by atoms with Crippen molar-refractivity contribution in [1.29, 1.82) is 0 Å². The van der Waals surface area contributed by atoms with E-state index < -0.39 is 0 Å². The highest BCUT2D eigenvalue weighted by Gasteiger charge is 2.14. The topological polar surface area (TPSA) is 13.1 Å². The van der Waals surface area contributed by atoms with Crippen LogP contribution < -0.4 is 0 Å². The van der Waals surface area contributed by atoms with Crippen LogP contribution >= 0.6 is 23.5 Å². The minimum Gasteiger partial charge on any atom is -0.466 e. The van der Waals surface area contributed by atoms with Crippen LogP contribution in [0.3, 0.4) is 0 Å². The molecule has 0 aliphatic rings. The molecule has 1 heterocycles. The predicted molar refractivity (Wildman–Crippen MR) is 106 cm³/mol. The Hall–Kier alpha value is -1.58. The lowest BCUT2D eigenvalue weighted by Crippen LogP contribution is -2.03. The van der Waals surface area contributed by atoms with Crippen LogP contribution in [0.25, 0.3) is 0 Å². The third-order valence-electron chi connectivity index (χ3n) is 3.72. The van der Waals surface area contributed by atoms with Gasteiger partial charge in [-0.3, -0.25) is 0 Å². The number of rotatable bonds is 8. The van der Waals surface area contributed by atoms with E-state index in [-0.39, 0.29) is 0 Å². The second kappa shape index (κ2) is 9.05. The van der Waals surface area contributed by atoms with Crippen molar-refractivity contribution < 1.29 is 4.42 Å². The fraction of sp³-hybridized carbons (Fsp3) is 0.238. The fourth-order valence-electron chi connectivity index (χ4n) is 2.45. The summed E-state index contributed by atoms with van der Waals surface area (Å²) in [4.78, 5) is 0. The largest absolute Gasteiger partial charge is 0.466 e. The number of hydrogen-bond donors (Lipinski definition) is 0. The highest BCUT2D eigenvalue weighted by Crippen LogP contribution is 2.32. The van der Waals surface area contributed by atoms with Gasteiger partial charge in [-0.2, -0.15) is 0 Å². The van der Waals surface area contributed by atoms with Crippen molar-refractivity contribution in [3.8, 4) is 0 Å². The van der Waals surface area contributed by atoms with Crippen molar-refractivity contribution in [1.82, 2.24) is 0 Å². The highest BCUT2D eigenvalue weighted by atomic mass is 32.2. The minimum atomic E-state index is 0.482. The van der Waals surface area contributed by atoms with Gasteiger partial charge in [0.05, 0.1) is 4.58 Å². The molecule has 3 rings (SSSR count). The second-order valence-electron chi connectivity index (χ2n) is 5.74. The summed E-state index contributed by atoms with van der Waals surface area (Å²) in [7, 11) is 0. The lowest BCUT2D eigenvalue weighted by Gasteiger charge is -2.15. The Morgan fingerprint density at radius 3 is 1.75 bits per heavy atom. The van der Waals surface area contributed by atoms with E-state index in [9.17, 15) is 0 Å². The average Bonchev–Trinajstić information content (AvgIpc) is 3.04. The first kappa shape index (κ1) is 17.2. The molecule has 2 aromatic carbocycles. The minimum absolute atomic E-state index is 0.482. The molecule has 0 unspecified atom stereocenters. The van der Waals surface area contributed by atoms with Gasteiger partial charge in [0, 0.05) is 17.9 Å². The normalized spacial score (nSPS) is 11.1. The van der Waals surface area contributed by atoms with Gasteiger partial charge < -0.3 is 4.42 Å². The van der Waals surface area contributed by atoms with Gasteiger partial charge >= 0.3 is 0 Å². The van der Waals surface area contributed by atoms with Crippen LogP contribution in [-0.2, 0) is 17.9 Å². The van der Waals surface area contributed by atoms with Crippen molar-refractivity contribution in [2.24, 2.45) is 0 Å². The van der Waals surface area contributed by atoms with Crippen LogP contribution in [0.2, 0.25) is 0 Å². The molecular formula is C21H22OS2. The zero-order valence-corrected chi connectivity index (χ0v) is 15.5. The van der Waals surface area contributed by atoms with E-state index in [1.54, 1.807) is 0 Å². The molecule has 1 nitrogen and oxygen atoms in total. The van der Waals surface area contributed by atoms with Gasteiger partial charge in [-0.25, -0.2) is 0 Å². The molecule has 0 spiro atoms. The van der Waals surface area contributed by atoms with Crippen molar-refractivity contribution in [2.75, 3.05) is 0 Å². The third-order valence-corrected chi connectivity index (χ3v) is 6.61. The Balaban J connectivity index is 1.61. The summed E-state index contributed by atoms with van der Waals surface area (Å²) < 4.78 is 6.27. The summed E-state index contributed by atoms with van der Waals surface area (Å²) in [6, 6.07) is 25.5. The zero-order chi connectivity index (χ0) is 16.6. The highest BCUT2D eigenvalue weighted by molar-refractivity contribution is 8.16. The second-order valence-corrected chi connectivity index (χ2v) is 8.42. The number of aryl methyl sites for hydroxylation is 1. The first-order valence-corrected chi connectivity index (χ1v) is 10.3. The molecule has 1 aromatic heterocycles. The molecule has 24 heavy (non-hydrogen) atoms. The van der Waals surface area contributed by atoms with Gasteiger partial charge in [-0.1, -0.05) is 60.7 Å². The van der Waals surface area contributed by atoms with Crippen molar-refractivity contribution in [3.63, 3.8) is 0 Å². The van der Waals surface area contributed by atoms with E-state index >= 15 is 0 Å². The molecule has 3 heteroatoms. The smallest absolute Gasteiger partial charge is 0.106 e. The Morgan fingerprint density at radius 1 is 0.750 bits per heavy atom. The lowest BCUT2D eigenvalue weighted by molar-refractivity contribution is 0.488. The van der Waals surface area contributed by atoms with Crippen LogP contribution in [0, 0.1) is 6.92 Å². The van der Waals surface area contributed by atoms with Gasteiger partial charge in [0.15, 0.2) is 0 Å². The first-order chi connectivity index (χ1) is 11.8. The molecular weight excluding hydrogens is 332 g/mol. The molecule has 0 amide bonds. The van der Waals surface area contributed by atoms with Crippen molar-refractivity contribution in [3.05, 3.63) is 95.4 Å². The van der Waals surface area contributed by atoms with Gasteiger partial charge in [0.1, 0.15) is 11.5 Å². The van der Waals surface area contributed by atoms with Crippen LogP contribution in [0.1, 0.15) is 22.6 Å². The van der Waals surface area contributed by atoms with Gasteiger partial charge in [-0.05, 0) is 30.2 Å². The molecule has 0 saturated heterocycles. The monoisotopic (exact) mass is 354 g/mol. The summed E-state index contributed by atoms with van der Waals surface area (Å²) >= 11 is 4.00. The van der Waals surface area contributed by atoms with Crippen LogP contribution in [0.5, 0.6) is 0 Å². The molecule has 0 saturated carbocycles. The third kappa shape index (κ3) is 5.50. The summed E-state index contributed by atoms with van der Waals surface area (Å²) in [6.07, 6.45) is 0.961. The van der Waals surface area contributed by atoms with E-state index in [1.807, 2.05) is 30.4 Å². The number of thioether (sulfide) groups is 2. The zero-order valence-electron chi connectivity index (χ0n) is 13.9. The quantitative estimate of drug-likeness (QED) is 0.439. The Kier molecular flexibility index (Phi) is 6.50. The molecule has 3 aromatic rings. The van der Waals surface area contributed by atoms with Crippen LogP contribution in [0.4, 0.5) is 0 Å². The van der Waals surface area contributed by atoms with Gasteiger partial charge in [-0.15, -0.1) is 23.5 Å². The molecule has 124 valence electrons. The number of hydrogen-bond acceptors (Lipinski definition) is 3. The maximum atomic E-state index is 5.79. The number of benzene rings is 2. The molecule has 0 aliphatic heterocycles. The molecule has 0 N–H and O–H groups in total. The Bertz CT molecular complexity index is 678. The summed E-state index contributed by atoms with van der Waals surface area (Å²) in [5, 5.41) is 0. The molecule has 0 bridgehead atoms. The van der Waals surface area contributed by atoms with Crippen LogP contribution in [-0.4, -0.2) is 4.58 Å². The molecule has 0 aliphatic carbocycles. The average molecular weight is 355 g/mol.